The second kappa shape index (κ2) is 6.35. The van der Waals surface area contributed by atoms with E-state index in [-0.39, 0.29) is 13.0 Å². The molecule has 0 amide bonds. The molecule has 1 aromatic carbocycles. The molecule has 0 bridgehead atoms. The van der Waals surface area contributed by atoms with Gasteiger partial charge in [0.05, 0.1) is 23.5 Å². The number of nitrogens with zero attached hydrogens (tertiary/aromatic N) is 3. The van der Waals surface area contributed by atoms with E-state index in [2.05, 4.69) is 15.9 Å². The summed E-state index contributed by atoms with van der Waals surface area (Å²) in [5.41, 5.74) is 0.152. The molecule has 0 N–H and O–H groups in total. The predicted molar refractivity (Wildman–Crippen MR) is 78.4 cm³/mol. The Bertz CT molecular complexity index is 757. The first kappa shape index (κ1) is 14.3. The maximum Gasteiger partial charge on any atom is 0.331 e. The quantitative estimate of drug-likeness (QED) is 0.855. The molecule has 0 saturated heterocycles. The van der Waals surface area contributed by atoms with Gasteiger partial charge in [0.25, 0.3) is 5.56 Å². The zero-order valence-electron chi connectivity index (χ0n) is 10.6. The van der Waals surface area contributed by atoms with Crippen molar-refractivity contribution in [1.82, 2.24) is 9.13 Å². The smallest absolute Gasteiger partial charge is 0.295 e. The lowest BCUT2D eigenvalue weighted by Gasteiger charge is -2.10. The van der Waals surface area contributed by atoms with Gasteiger partial charge < -0.3 is 0 Å². The van der Waals surface area contributed by atoms with Crippen LogP contribution in [0, 0.1) is 11.3 Å². The maximum atomic E-state index is 12.2. The van der Waals surface area contributed by atoms with Gasteiger partial charge in [-0.2, -0.15) is 5.26 Å². The van der Waals surface area contributed by atoms with Crippen LogP contribution in [0.5, 0.6) is 0 Å². The third kappa shape index (κ3) is 3.06. The first-order valence-corrected chi connectivity index (χ1v) is 6.83. The molecule has 0 aliphatic rings. The van der Waals surface area contributed by atoms with Crippen molar-refractivity contribution in [2.45, 2.75) is 19.5 Å². The van der Waals surface area contributed by atoms with Crippen molar-refractivity contribution < 1.29 is 0 Å². The number of rotatable bonds is 4. The minimum absolute atomic E-state index is 0.0996. The van der Waals surface area contributed by atoms with E-state index in [9.17, 15) is 9.59 Å². The summed E-state index contributed by atoms with van der Waals surface area (Å²) in [6, 6.07) is 11.4. The highest BCUT2D eigenvalue weighted by molar-refractivity contribution is 9.10. The highest BCUT2D eigenvalue weighted by atomic mass is 79.9. The van der Waals surface area contributed by atoms with E-state index in [1.165, 1.54) is 10.8 Å². The van der Waals surface area contributed by atoms with Crippen molar-refractivity contribution >= 4 is 15.9 Å². The Balaban J connectivity index is 2.45. The fourth-order valence-electron chi connectivity index (χ4n) is 1.87. The van der Waals surface area contributed by atoms with Crippen molar-refractivity contribution in [2.24, 2.45) is 0 Å². The van der Waals surface area contributed by atoms with Crippen molar-refractivity contribution in [3.8, 4) is 6.07 Å². The molecule has 0 atom stereocenters. The van der Waals surface area contributed by atoms with E-state index in [1.54, 1.807) is 0 Å². The van der Waals surface area contributed by atoms with Crippen LogP contribution in [0.3, 0.4) is 0 Å². The molecule has 0 saturated carbocycles. The van der Waals surface area contributed by atoms with E-state index < -0.39 is 11.2 Å². The van der Waals surface area contributed by atoms with E-state index >= 15 is 0 Å². The van der Waals surface area contributed by atoms with Crippen molar-refractivity contribution in [3.05, 3.63) is 67.4 Å². The van der Waals surface area contributed by atoms with E-state index in [0.717, 1.165) is 10.1 Å². The SMILES string of the molecule is N#CCCn1c(=O)c(Br)cn(Cc2ccccc2)c1=O. The summed E-state index contributed by atoms with van der Waals surface area (Å²) in [5.74, 6) is 0. The third-order valence-corrected chi connectivity index (χ3v) is 3.38. The molecule has 0 radical (unpaired) electrons. The molecular weight excluding hydrogens is 322 g/mol. The predicted octanol–water partition coefficient (Wildman–Crippen LogP) is 1.73. The summed E-state index contributed by atoms with van der Waals surface area (Å²) in [4.78, 5) is 24.1. The highest BCUT2D eigenvalue weighted by Gasteiger charge is 2.09. The van der Waals surface area contributed by atoms with Crippen LogP contribution in [0.25, 0.3) is 0 Å². The molecule has 20 heavy (non-hydrogen) atoms. The Labute approximate surface area is 123 Å². The van der Waals surface area contributed by atoms with Gasteiger partial charge in [-0.25, -0.2) is 4.79 Å². The molecule has 0 aliphatic heterocycles. The van der Waals surface area contributed by atoms with Gasteiger partial charge in [0.1, 0.15) is 0 Å². The van der Waals surface area contributed by atoms with Gasteiger partial charge in [-0.1, -0.05) is 30.3 Å². The van der Waals surface area contributed by atoms with Gasteiger partial charge in [-0.3, -0.25) is 13.9 Å². The molecule has 2 aromatic rings. The number of aromatic nitrogens is 2. The second-order valence-corrected chi connectivity index (χ2v) is 5.09. The van der Waals surface area contributed by atoms with Crippen LogP contribution in [0.1, 0.15) is 12.0 Å². The average molecular weight is 334 g/mol. The number of nitriles is 1. The fourth-order valence-corrected chi connectivity index (χ4v) is 2.33. The monoisotopic (exact) mass is 333 g/mol. The molecule has 0 unspecified atom stereocenters. The summed E-state index contributed by atoms with van der Waals surface area (Å²) < 4.78 is 2.85. The average Bonchev–Trinajstić information content (AvgIpc) is 2.46. The molecule has 2 rings (SSSR count). The normalized spacial score (nSPS) is 10.2. The van der Waals surface area contributed by atoms with Crippen molar-refractivity contribution in [2.75, 3.05) is 0 Å². The summed E-state index contributed by atoms with van der Waals surface area (Å²) >= 11 is 3.16. The Kier molecular flexibility index (Phi) is 4.53. The van der Waals surface area contributed by atoms with Crippen LogP contribution in [-0.4, -0.2) is 9.13 Å². The van der Waals surface area contributed by atoms with Crippen LogP contribution < -0.4 is 11.2 Å². The zero-order chi connectivity index (χ0) is 14.5. The Morgan fingerprint density at radius 1 is 1.20 bits per heavy atom. The first-order valence-electron chi connectivity index (χ1n) is 6.04. The van der Waals surface area contributed by atoms with Crippen LogP contribution >= 0.6 is 15.9 Å². The first-order chi connectivity index (χ1) is 9.63. The zero-order valence-corrected chi connectivity index (χ0v) is 12.2. The minimum atomic E-state index is -0.408. The van der Waals surface area contributed by atoms with E-state index in [1.807, 2.05) is 36.4 Å². The molecule has 0 aliphatic carbocycles. The molecule has 1 aromatic heterocycles. The second-order valence-electron chi connectivity index (χ2n) is 4.24. The Morgan fingerprint density at radius 2 is 1.90 bits per heavy atom. The number of benzene rings is 1. The van der Waals surface area contributed by atoms with Gasteiger partial charge >= 0.3 is 5.69 Å². The van der Waals surface area contributed by atoms with Crippen LogP contribution in [0.2, 0.25) is 0 Å². The number of halogens is 1. The standard InChI is InChI=1S/C14H12BrN3O2/c15-12-10-17(9-11-5-2-1-3-6-11)14(20)18(13(12)19)8-4-7-16/h1-3,5-6,10H,4,8-9H2. The molecule has 5 nitrogen and oxygen atoms in total. The lowest BCUT2D eigenvalue weighted by atomic mass is 10.2. The largest absolute Gasteiger partial charge is 0.331 e. The molecular formula is C14H12BrN3O2. The Morgan fingerprint density at radius 3 is 2.55 bits per heavy atom. The maximum absolute atomic E-state index is 12.2. The van der Waals surface area contributed by atoms with Crippen molar-refractivity contribution in [3.63, 3.8) is 0 Å². The molecule has 0 spiro atoms. The molecule has 1 heterocycles. The molecule has 6 heteroatoms. The molecule has 102 valence electrons. The Hall–Kier alpha value is -2.13. The number of hydrogen-bond donors (Lipinski definition) is 0. The number of hydrogen-bond acceptors (Lipinski definition) is 3. The van der Waals surface area contributed by atoms with Crippen LogP contribution in [-0.2, 0) is 13.1 Å². The summed E-state index contributed by atoms with van der Waals surface area (Å²) in [6.07, 6.45) is 1.61. The van der Waals surface area contributed by atoms with E-state index in [4.69, 9.17) is 5.26 Å². The van der Waals surface area contributed by atoms with Crippen LogP contribution in [0.15, 0.2) is 50.6 Å². The third-order valence-electron chi connectivity index (χ3n) is 2.84. The summed E-state index contributed by atoms with van der Waals surface area (Å²) in [7, 11) is 0. The lowest BCUT2D eigenvalue weighted by molar-refractivity contribution is 0.576. The van der Waals surface area contributed by atoms with Crippen molar-refractivity contribution in [1.29, 1.82) is 5.26 Å². The fraction of sp³-hybridized carbons (Fsp3) is 0.214. The van der Waals surface area contributed by atoms with Gasteiger partial charge in [-0.05, 0) is 21.5 Å². The summed E-state index contributed by atoms with van der Waals surface area (Å²) in [5, 5.41) is 8.60. The highest BCUT2D eigenvalue weighted by Crippen LogP contribution is 2.04. The van der Waals surface area contributed by atoms with Gasteiger partial charge in [-0.15, -0.1) is 0 Å². The van der Waals surface area contributed by atoms with Gasteiger partial charge in [0.2, 0.25) is 0 Å². The summed E-state index contributed by atoms with van der Waals surface area (Å²) in [6.45, 7) is 0.480. The minimum Gasteiger partial charge on any atom is -0.295 e. The lowest BCUT2D eigenvalue weighted by Crippen LogP contribution is -2.40. The van der Waals surface area contributed by atoms with Crippen LogP contribution in [0.4, 0.5) is 0 Å². The van der Waals surface area contributed by atoms with Gasteiger partial charge in [0.15, 0.2) is 0 Å². The molecule has 0 fully saturated rings. The van der Waals surface area contributed by atoms with Gasteiger partial charge in [0, 0.05) is 12.7 Å². The van der Waals surface area contributed by atoms with E-state index in [0.29, 0.717) is 11.0 Å². The topological polar surface area (TPSA) is 67.8 Å².